The monoisotopic (exact) mass is 801 g/mol. The number of hydrogen-bond acceptors (Lipinski definition) is 3. The first-order chi connectivity index (χ1) is 31.2. The lowest BCUT2D eigenvalue weighted by Gasteiger charge is -2.30. The maximum Gasteiger partial charge on any atom is 0.162 e. The fourth-order valence-corrected chi connectivity index (χ4v) is 11.0. The third-order valence-electron chi connectivity index (χ3n) is 13.6. The van der Waals surface area contributed by atoms with Crippen molar-refractivity contribution in [1.82, 2.24) is 14.5 Å². The first-order valence-electron chi connectivity index (χ1n) is 21.6. The fraction of sp³-hybridized carbons (Fsp3) is 0.0169. The summed E-state index contributed by atoms with van der Waals surface area (Å²) in [5, 5.41) is 4.58. The van der Waals surface area contributed by atoms with Gasteiger partial charge in [0, 0.05) is 38.7 Å². The van der Waals surface area contributed by atoms with Crippen molar-refractivity contribution >= 4 is 43.7 Å². The molecule has 2 aliphatic carbocycles. The van der Waals surface area contributed by atoms with Crippen molar-refractivity contribution in [2.75, 3.05) is 0 Å². The van der Waals surface area contributed by atoms with Gasteiger partial charge in [-0.25, -0.2) is 9.97 Å². The second-order valence-corrected chi connectivity index (χ2v) is 16.8. The number of para-hydroxylation sites is 1. The summed E-state index contributed by atoms with van der Waals surface area (Å²) in [6.07, 6.45) is 0. The Bertz CT molecular complexity index is 3760. The Morgan fingerprint density at radius 3 is 1.62 bits per heavy atom. The van der Waals surface area contributed by atoms with Crippen LogP contribution in [-0.4, -0.2) is 14.5 Å². The summed E-state index contributed by atoms with van der Waals surface area (Å²) in [7, 11) is 0. The van der Waals surface area contributed by atoms with Crippen LogP contribution in [0.1, 0.15) is 22.3 Å². The number of rotatable bonds is 4. The lowest BCUT2D eigenvalue weighted by molar-refractivity contribution is 0.666. The molecule has 0 N–H and O–H groups in total. The average molecular weight is 802 g/mol. The molecule has 0 unspecified atom stereocenters. The van der Waals surface area contributed by atoms with E-state index in [1.54, 1.807) is 0 Å². The van der Waals surface area contributed by atoms with Gasteiger partial charge in [-0.3, -0.25) is 4.57 Å². The van der Waals surface area contributed by atoms with Crippen molar-refractivity contribution in [2.24, 2.45) is 0 Å². The van der Waals surface area contributed by atoms with Gasteiger partial charge in [0.15, 0.2) is 5.82 Å². The van der Waals surface area contributed by atoms with Gasteiger partial charge in [-0.05, 0) is 92.0 Å². The summed E-state index contributed by atoms with van der Waals surface area (Å²) in [6, 6.07) is 76.4. The lowest BCUT2D eigenvalue weighted by Crippen LogP contribution is -2.25. The molecule has 2 aliphatic rings. The third-order valence-corrected chi connectivity index (χ3v) is 13.6. The summed E-state index contributed by atoms with van der Waals surface area (Å²) in [4.78, 5) is 10.4. The van der Waals surface area contributed by atoms with Crippen molar-refractivity contribution in [3.05, 3.63) is 235 Å². The zero-order chi connectivity index (χ0) is 41.2. The third kappa shape index (κ3) is 4.75. The van der Waals surface area contributed by atoms with Crippen LogP contribution in [-0.2, 0) is 5.41 Å². The minimum Gasteiger partial charge on any atom is -0.456 e. The summed E-state index contributed by atoms with van der Waals surface area (Å²) < 4.78 is 9.23. The van der Waals surface area contributed by atoms with Gasteiger partial charge in [0.05, 0.1) is 22.1 Å². The number of furan rings is 1. The molecule has 0 saturated carbocycles. The molecular formula is C59H35N3O. The molecule has 0 saturated heterocycles. The van der Waals surface area contributed by atoms with Crippen LogP contribution in [0.2, 0.25) is 0 Å². The Hall–Kier alpha value is -8.34. The maximum absolute atomic E-state index is 6.93. The Labute approximate surface area is 363 Å². The number of fused-ring (bicyclic) bond motifs is 16. The summed E-state index contributed by atoms with van der Waals surface area (Å²) in [5.41, 5.74) is 19.0. The topological polar surface area (TPSA) is 43.9 Å². The number of benzene rings is 9. The van der Waals surface area contributed by atoms with Crippen LogP contribution in [0.4, 0.5) is 0 Å². The molecule has 1 spiro atoms. The van der Waals surface area contributed by atoms with E-state index in [0.29, 0.717) is 5.82 Å². The van der Waals surface area contributed by atoms with Gasteiger partial charge in [-0.1, -0.05) is 170 Å². The standard InChI is InChI=1S/C59H35N3O/c1-3-15-36(16-4-1)52-35-57(61-58(60-52)37-17-5-2-6-18-37)62-53-26-14-10-22-43(53)44-29-27-38(31-54(44)62)39-28-30-45-47-33-46-42-21-9-13-25-50(42)59(51(46)34-56(47)63-55(45)32-39)48-23-11-7-19-40(48)41-20-8-12-24-49(41)59/h1-35H. The van der Waals surface area contributed by atoms with Crippen molar-refractivity contribution in [2.45, 2.75) is 5.41 Å². The van der Waals surface area contributed by atoms with Gasteiger partial charge in [-0.15, -0.1) is 0 Å². The molecule has 0 atom stereocenters. The lowest BCUT2D eigenvalue weighted by atomic mass is 9.70. The van der Waals surface area contributed by atoms with E-state index in [9.17, 15) is 0 Å². The molecule has 3 aromatic heterocycles. The number of nitrogens with zero attached hydrogens (tertiary/aromatic N) is 3. The molecule has 0 radical (unpaired) electrons. The molecule has 292 valence electrons. The quantitative estimate of drug-likeness (QED) is 0.178. The van der Waals surface area contributed by atoms with Crippen molar-refractivity contribution < 1.29 is 4.42 Å². The van der Waals surface area contributed by atoms with Gasteiger partial charge < -0.3 is 4.42 Å². The largest absolute Gasteiger partial charge is 0.456 e. The van der Waals surface area contributed by atoms with Gasteiger partial charge in [0.2, 0.25) is 0 Å². The van der Waals surface area contributed by atoms with E-state index in [4.69, 9.17) is 14.4 Å². The van der Waals surface area contributed by atoms with Crippen molar-refractivity contribution in [1.29, 1.82) is 0 Å². The SMILES string of the molecule is c1ccc(-c2cc(-n3c4ccccc4c4ccc(-c5ccc6c(c5)oc5cc7c(cc56)-c5ccccc5C75c6ccccc6-c6ccccc65)cc43)nc(-c3ccccc3)n2)cc1. The van der Waals surface area contributed by atoms with Crippen LogP contribution in [0.25, 0.3) is 106 Å². The van der Waals surface area contributed by atoms with E-state index >= 15 is 0 Å². The maximum atomic E-state index is 6.93. The molecule has 3 heterocycles. The Kier molecular flexibility index (Phi) is 7.01. The highest BCUT2D eigenvalue weighted by Crippen LogP contribution is 2.63. The van der Waals surface area contributed by atoms with Crippen LogP contribution in [0.3, 0.4) is 0 Å². The van der Waals surface area contributed by atoms with Crippen molar-refractivity contribution in [3.8, 4) is 61.8 Å². The minimum absolute atomic E-state index is 0.418. The predicted molar refractivity (Wildman–Crippen MR) is 256 cm³/mol. The second-order valence-electron chi connectivity index (χ2n) is 16.8. The minimum atomic E-state index is -0.418. The van der Waals surface area contributed by atoms with E-state index in [1.807, 2.05) is 24.3 Å². The molecule has 0 amide bonds. The van der Waals surface area contributed by atoms with Gasteiger partial charge >= 0.3 is 0 Å². The van der Waals surface area contributed by atoms with Crippen LogP contribution in [0.15, 0.2) is 217 Å². The first kappa shape index (κ1) is 34.4. The van der Waals surface area contributed by atoms with E-state index in [-0.39, 0.29) is 0 Å². The second kappa shape index (κ2) is 12.8. The summed E-state index contributed by atoms with van der Waals surface area (Å²) >= 11 is 0. The zero-order valence-electron chi connectivity index (χ0n) is 34.0. The number of aromatic nitrogens is 3. The van der Waals surface area contributed by atoms with Gasteiger partial charge in [0.25, 0.3) is 0 Å². The Balaban J connectivity index is 0.949. The van der Waals surface area contributed by atoms with Crippen molar-refractivity contribution in [3.63, 3.8) is 0 Å². The molecule has 0 aliphatic heterocycles. The molecule has 14 rings (SSSR count). The molecule has 4 heteroatoms. The summed E-state index contributed by atoms with van der Waals surface area (Å²) in [6.45, 7) is 0. The summed E-state index contributed by atoms with van der Waals surface area (Å²) in [5.74, 6) is 1.50. The van der Waals surface area contributed by atoms with E-state index < -0.39 is 5.41 Å². The molecule has 63 heavy (non-hydrogen) atoms. The van der Waals surface area contributed by atoms with Crippen LogP contribution in [0, 0.1) is 0 Å². The van der Waals surface area contributed by atoms with E-state index in [2.05, 4.69) is 193 Å². The highest BCUT2D eigenvalue weighted by atomic mass is 16.3. The van der Waals surface area contributed by atoms with Crippen LogP contribution >= 0.6 is 0 Å². The molecular weight excluding hydrogens is 767 g/mol. The van der Waals surface area contributed by atoms with E-state index in [0.717, 1.165) is 66.7 Å². The predicted octanol–water partition coefficient (Wildman–Crippen LogP) is 14.8. The van der Waals surface area contributed by atoms with Crippen LogP contribution in [0.5, 0.6) is 0 Å². The highest BCUT2D eigenvalue weighted by molar-refractivity contribution is 6.12. The average Bonchev–Trinajstić information content (AvgIpc) is 4.06. The molecule has 4 nitrogen and oxygen atoms in total. The highest BCUT2D eigenvalue weighted by Gasteiger charge is 2.51. The molecule has 9 aromatic carbocycles. The Morgan fingerprint density at radius 1 is 0.349 bits per heavy atom. The molecule has 12 aromatic rings. The zero-order valence-corrected chi connectivity index (χ0v) is 34.0. The Morgan fingerprint density at radius 2 is 0.905 bits per heavy atom. The fourth-order valence-electron chi connectivity index (χ4n) is 11.0. The molecule has 0 fully saturated rings. The smallest absolute Gasteiger partial charge is 0.162 e. The van der Waals surface area contributed by atoms with Crippen LogP contribution < -0.4 is 0 Å². The number of hydrogen-bond donors (Lipinski definition) is 0. The van der Waals surface area contributed by atoms with Gasteiger partial charge in [-0.2, -0.15) is 0 Å². The normalized spacial score (nSPS) is 13.2. The van der Waals surface area contributed by atoms with Gasteiger partial charge in [0.1, 0.15) is 17.0 Å². The molecule has 0 bridgehead atoms. The first-order valence-corrected chi connectivity index (χ1v) is 21.6. The van der Waals surface area contributed by atoms with E-state index in [1.165, 1.54) is 55.3 Å².